The van der Waals surface area contributed by atoms with Crippen LogP contribution in [-0.4, -0.2) is 17.8 Å². The molecule has 0 aliphatic carbocycles. The fraction of sp³-hybridized carbons (Fsp3) is 0.0556. The number of benzene rings is 2. The number of esters is 1. The smallest absolute Gasteiger partial charge is 0.365 e. The Bertz CT molecular complexity index is 860. The number of ether oxygens (including phenoxy) is 1. The molecule has 0 unspecified atom stereocenters. The Morgan fingerprint density at radius 3 is 2.58 bits per heavy atom. The first-order valence-electron chi connectivity index (χ1n) is 7.18. The molecule has 1 aliphatic rings. The maximum absolute atomic E-state index is 12.0. The van der Waals surface area contributed by atoms with Crippen molar-refractivity contribution < 1.29 is 14.3 Å². The molecule has 0 fully saturated rings. The number of cyclic esters (lactones) is 1. The normalized spacial score (nSPS) is 15.2. The van der Waals surface area contributed by atoms with Crippen LogP contribution in [0.5, 0.6) is 0 Å². The van der Waals surface area contributed by atoms with E-state index in [1.165, 1.54) is 18.0 Å². The molecule has 120 valence electrons. The number of aliphatic imine (C=N–C) groups is 1. The minimum Gasteiger partial charge on any atom is -0.402 e. The summed E-state index contributed by atoms with van der Waals surface area (Å²) < 4.78 is 5.18. The van der Waals surface area contributed by atoms with Gasteiger partial charge in [0.05, 0.1) is 0 Å². The Kier molecular flexibility index (Phi) is 4.44. The molecule has 6 heteroatoms. The number of halogens is 1. The second-order valence-corrected chi connectivity index (χ2v) is 5.49. The SMILES string of the molecule is CC(=O)N(/C=C1\N=C(c2ccccc2)OC1=O)c1cccc(Cl)c1. The highest BCUT2D eigenvalue weighted by molar-refractivity contribution is 6.31. The predicted octanol–water partition coefficient (Wildman–Crippen LogP) is 3.54. The van der Waals surface area contributed by atoms with Crippen LogP contribution in [0.3, 0.4) is 0 Å². The number of hydrogen-bond donors (Lipinski definition) is 0. The van der Waals surface area contributed by atoms with E-state index in [2.05, 4.69) is 4.99 Å². The second-order valence-electron chi connectivity index (χ2n) is 5.06. The fourth-order valence-corrected chi connectivity index (χ4v) is 2.38. The lowest BCUT2D eigenvalue weighted by Crippen LogP contribution is -2.23. The number of hydrogen-bond acceptors (Lipinski definition) is 4. The molecule has 5 nitrogen and oxygen atoms in total. The van der Waals surface area contributed by atoms with Crippen LogP contribution in [0.4, 0.5) is 5.69 Å². The third kappa shape index (κ3) is 3.36. The summed E-state index contributed by atoms with van der Waals surface area (Å²) in [5.74, 6) is -0.676. The van der Waals surface area contributed by atoms with Crippen molar-refractivity contribution in [3.05, 3.63) is 77.1 Å². The molecule has 0 N–H and O–H groups in total. The number of rotatable bonds is 3. The van der Waals surface area contributed by atoms with Gasteiger partial charge in [-0.3, -0.25) is 9.69 Å². The Morgan fingerprint density at radius 2 is 1.92 bits per heavy atom. The van der Waals surface area contributed by atoms with Gasteiger partial charge in [-0.25, -0.2) is 9.79 Å². The minimum atomic E-state index is -0.609. The monoisotopic (exact) mass is 340 g/mol. The third-order valence-electron chi connectivity index (χ3n) is 3.32. The highest BCUT2D eigenvalue weighted by atomic mass is 35.5. The number of carbonyl (C=O) groups excluding carboxylic acids is 2. The lowest BCUT2D eigenvalue weighted by atomic mass is 10.2. The van der Waals surface area contributed by atoms with E-state index in [1.54, 1.807) is 36.4 Å². The highest BCUT2D eigenvalue weighted by Gasteiger charge is 2.25. The predicted molar refractivity (Wildman–Crippen MR) is 91.8 cm³/mol. The highest BCUT2D eigenvalue weighted by Crippen LogP contribution is 2.23. The van der Waals surface area contributed by atoms with E-state index in [4.69, 9.17) is 16.3 Å². The maximum atomic E-state index is 12.0. The van der Waals surface area contributed by atoms with E-state index in [0.29, 0.717) is 16.3 Å². The van der Waals surface area contributed by atoms with Crippen molar-refractivity contribution in [3.8, 4) is 0 Å². The lowest BCUT2D eigenvalue weighted by Gasteiger charge is -2.16. The molecule has 0 aromatic heterocycles. The standard InChI is InChI=1S/C18H13ClN2O3/c1-12(22)21(15-9-5-8-14(19)10-15)11-16-18(23)24-17(20-16)13-6-3-2-4-7-13/h2-11H,1H3/b16-11-. The van der Waals surface area contributed by atoms with Crippen molar-refractivity contribution in [2.24, 2.45) is 4.99 Å². The largest absolute Gasteiger partial charge is 0.402 e. The van der Waals surface area contributed by atoms with E-state index in [0.717, 1.165) is 0 Å². The van der Waals surface area contributed by atoms with Crippen LogP contribution >= 0.6 is 11.6 Å². The fourth-order valence-electron chi connectivity index (χ4n) is 2.20. The van der Waals surface area contributed by atoms with Gasteiger partial charge in [-0.2, -0.15) is 0 Å². The van der Waals surface area contributed by atoms with Crippen LogP contribution in [-0.2, 0) is 14.3 Å². The summed E-state index contributed by atoms with van der Waals surface area (Å²) in [7, 11) is 0. The Balaban J connectivity index is 1.97. The van der Waals surface area contributed by atoms with Gasteiger partial charge < -0.3 is 4.74 Å². The number of amides is 1. The Labute approximate surface area is 143 Å². The lowest BCUT2D eigenvalue weighted by molar-refractivity contribution is -0.130. The molecule has 24 heavy (non-hydrogen) atoms. The van der Waals surface area contributed by atoms with Gasteiger partial charge in [-0.05, 0) is 30.3 Å². The van der Waals surface area contributed by atoms with Crippen molar-refractivity contribution >= 4 is 35.1 Å². The first-order chi connectivity index (χ1) is 11.5. The zero-order valence-electron chi connectivity index (χ0n) is 12.8. The molecule has 1 aliphatic heterocycles. The maximum Gasteiger partial charge on any atom is 0.365 e. The number of nitrogens with zero attached hydrogens (tertiary/aromatic N) is 2. The van der Waals surface area contributed by atoms with Crippen LogP contribution in [0.2, 0.25) is 5.02 Å². The van der Waals surface area contributed by atoms with E-state index in [1.807, 2.05) is 18.2 Å². The zero-order chi connectivity index (χ0) is 17.1. The summed E-state index contributed by atoms with van der Waals surface area (Å²) in [5.41, 5.74) is 1.27. The summed E-state index contributed by atoms with van der Waals surface area (Å²) in [6.07, 6.45) is 1.35. The summed E-state index contributed by atoms with van der Waals surface area (Å²) in [6, 6.07) is 15.8. The summed E-state index contributed by atoms with van der Waals surface area (Å²) >= 11 is 5.96. The molecule has 1 amide bonds. The summed E-state index contributed by atoms with van der Waals surface area (Å²) in [6.45, 7) is 1.39. The molecular weight excluding hydrogens is 328 g/mol. The molecule has 2 aromatic rings. The van der Waals surface area contributed by atoms with Crippen molar-refractivity contribution in [2.45, 2.75) is 6.92 Å². The van der Waals surface area contributed by atoms with Crippen LogP contribution < -0.4 is 4.90 Å². The first kappa shape index (κ1) is 16.0. The van der Waals surface area contributed by atoms with Gasteiger partial charge in [0.1, 0.15) is 0 Å². The van der Waals surface area contributed by atoms with Gasteiger partial charge in [0.25, 0.3) is 0 Å². The molecule has 0 bridgehead atoms. The van der Waals surface area contributed by atoms with Crippen LogP contribution in [0.25, 0.3) is 0 Å². The van der Waals surface area contributed by atoms with Crippen LogP contribution in [0, 0.1) is 0 Å². The summed E-state index contributed by atoms with van der Waals surface area (Å²) in [5, 5.41) is 0.486. The molecule has 0 radical (unpaired) electrons. The Morgan fingerprint density at radius 1 is 1.17 bits per heavy atom. The van der Waals surface area contributed by atoms with Crippen LogP contribution in [0.1, 0.15) is 12.5 Å². The summed E-state index contributed by atoms with van der Waals surface area (Å²) in [4.78, 5) is 29.5. The first-order valence-corrected chi connectivity index (χ1v) is 7.56. The molecule has 1 heterocycles. The van der Waals surface area contributed by atoms with E-state index >= 15 is 0 Å². The van der Waals surface area contributed by atoms with Gasteiger partial charge in [-0.15, -0.1) is 0 Å². The quantitative estimate of drug-likeness (QED) is 0.634. The molecular formula is C18H13ClN2O3. The minimum absolute atomic E-state index is 0.0454. The van der Waals surface area contributed by atoms with E-state index in [-0.39, 0.29) is 17.5 Å². The molecule has 0 atom stereocenters. The molecule has 0 saturated heterocycles. The van der Waals surface area contributed by atoms with Crippen molar-refractivity contribution in [1.82, 2.24) is 0 Å². The molecule has 0 spiro atoms. The number of carbonyl (C=O) groups is 2. The molecule has 2 aromatic carbocycles. The average molecular weight is 341 g/mol. The Hall–Kier alpha value is -2.92. The third-order valence-corrected chi connectivity index (χ3v) is 3.55. The van der Waals surface area contributed by atoms with E-state index in [9.17, 15) is 9.59 Å². The van der Waals surface area contributed by atoms with Crippen molar-refractivity contribution in [2.75, 3.05) is 4.90 Å². The van der Waals surface area contributed by atoms with Gasteiger partial charge in [0.2, 0.25) is 11.8 Å². The average Bonchev–Trinajstić information content (AvgIpc) is 2.94. The van der Waals surface area contributed by atoms with Crippen molar-refractivity contribution in [3.63, 3.8) is 0 Å². The van der Waals surface area contributed by atoms with Gasteiger partial charge in [0.15, 0.2) is 5.70 Å². The molecule has 3 rings (SSSR count). The number of anilines is 1. The topological polar surface area (TPSA) is 59.0 Å². The second kappa shape index (κ2) is 6.68. The van der Waals surface area contributed by atoms with Crippen molar-refractivity contribution in [1.29, 1.82) is 0 Å². The van der Waals surface area contributed by atoms with Gasteiger partial charge in [-0.1, -0.05) is 35.9 Å². The van der Waals surface area contributed by atoms with Crippen LogP contribution in [0.15, 0.2) is 71.5 Å². The molecule has 0 saturated carbocycles. The van der Waals surface area contributed by atoms with Gasteiger partial charge >= 0.3 is 5.97 Å². The van der Waals surface area contributed by atoms with E-state index < -0.39 is 5.97 Å². The zero-order valence-corrected chi connectivity index (χ0v) is 13.5. The van der Waals surface area contributed by atoms with Gasteiger partial charge in [0, 0.05) is 29.4 Å².